The molecule has 0 aliphatic heterocycles. The summed E-state index contributed by atoms with van der Waals surface area (Å²) in [5, 5.41) is 5.04. The third-order valence-corrected chi connectivity index (χ3v) is 5.75. The molecule has 0 aliphatic carbocycles. The summed E-state index contributed by atoms with van der Waals surface area (Å²) in [6.07, 6.45) is 5.79. The van der Waals surface area contributed by atoms with Gasteiger partial charge in [0.25, 0.3) is 0 Å². The molecular formula is C29H28O. The van der Waals surface area contributed by atoms with Crippen LogP contribution >= 0.6 is 0 Å². The van der Waals surface area contributed by atoms with Crippen molar-refractivity contribution in [3.05, 3.63) is 103 Å². The molecule has 0 N–H and O–H groups in total. The fourth-order valence-corrected chi connectivity index (χ4v) is 4.24. The standard InChI is InChI=1S/C29H28O/c1-5-7-8-22-11-15-26-23(18-22)12-9-20(3)28(26)29-21(4)10-13-24-19-25(30-17-6-2)14-16-27(24)29/h5-6,9-16,18-19H,1-2,7-8,17H2,3-4H3. The predicted molar refractivity (Wildman–Crippen MR) is 131 cm³/mol. The van der Waals surface area contributed by atoms with Crippen molar-refractivity contribution in [3.8, 4) is 16.9 Å². The third-order valence-electron chi connectivity index (χ3n) is 5.75. The lowest BCUT2D eigenvalue weighted by Gasteiger charge is -2.17. The molecule has 1 heteroatoms. The first-order valence-corrected chi connectivity index (χ1v) is 10.5. The maximum Gasteiger partial charge on any atom is 0.120 e. The van der Waals surface area contributed by atoms with Crippen LogP contribution in [0.4, 0.5) is 0 Å². The summed E-state index contributed by atoms with van der Waals surface area (Å²) < 4.78 is 5.75. The Morgan fingerprint density at radius 1 is 0.733 bits per heavy atom. The Hall–Kier alpha value is -3.32. The molecule has 0 heterocycles. The van der Waals surface area contributed by atoms with Crippen molar-refractivity contribution in [2.45, 2.75) is 26.7 Å². The summed E-state index contributed by atoms with van der Waals surface area (Å²) >= 11 is 0. The summed E-state index contributed by atoms with van der Waals surface area (Å²) in [5.74, 6) is 0.874. The molecule has 1 nitrogen and oxygen atoms in total. The molecule has 150 valence electrons. The first kappa shape index (κ1) is 20.0. The van der Waals surface area contributed by atoms with Crippen LogP contribution in [0.1, 0.15) is 23.1 Å². The van der Waals surface area contributed by atoms with Gasteiger partial charge in [0.2, 0.25) is 0 Å². The predicted octanol–water partition coefficient (Wildman–Crippen LogP) is 7.96. The normalized spacial score (nSPS) is 11.0. The van der Waals surface area contributed by atoms with E-state index in [1.54, 1.807) is 6.08 Å². The van der Waals surface area contributed by atoms with Crippen molar-refractivity contribution in [3.63, 3.8) is 0 Å². The lowest BCUT2D eigenvalue weighted by Crippen LogP contribution is -1.95. The molecule has 0 saturated heterocycles. The van der Waals surface area contributed by atoms with Gasteiger partial charge < -0.3 is 4.74 Å². The minimum Gasteiger partial charge on any atom is -0.490 e. The highest BCUT2D eigenvalue weighted by Crippen LogP contribution is 2.39. The van der Waals surface area contributed by atoms with Crippen molar-refractivity contribution >= 4 is 21.5 Å². The van der Waals surface area contributed by atoms with Crippen LogP contribution in [0.3, 0.4) is 0 Å². The fourth-order valence-electron chi connectivity index (χ4n) is 4.24. The highest BCUT2D eigenvalue weighted by atomic mass is 16.5. The van der Waals surface area contributed by atoms with Gasteiger partial charge in [-0.15, -0.1) is 6.58 Å². The molecule has 0 unspecified atom stereocenters. The van der Waals surface area contributed by atoms with E-state index in [0.717, 1.165) is 18.6 Å². The van der Waals surface area contributed by atoms with Crippen LogP contribution in [0.25, 0.3) is 32.7 Å². The second-order valence-corrected chi connectivity index (χ2v) is 7.88. The average molecular weight is 393 g/mol. The Morgan fingerprint density at radius 2 is 1.37 bits per heavy atom. The second-order valence-electron chi connectivity index (χ2n) is 7.88. The summed E-state index contributed by atoms with van der Waals surface area (Å²) in [6, 6.07) is 22.1. The van der Waals surface area contributed by atoms with Crippen LogP contribution in [0, 0.1) is 13.8 Å². The van der Waals surface area contributed by atoms with Crippen molar-refractivity contribution in [1.29, 1.82) is 0 Å². The molecule has 0 spiro atoms. The first-order chi connectivity index (χ1) is 14.6. The highest BCUT2D eigenvalue weighted by Gasteiger charge is 2.14. The SMILES string of the molecule is C=CCCc1ccc2c(-c3c(C)ccc4cc(OCC=C)ccc34)c(C)ccc2c1. The van der Waals surface area contributed by atoms with Gasteiger partial charge in [0.15, 0.2) is 0 Å². The smallest absolute Gasteiger partial charge is 0.120 e. The van der Waals surface area contributed by atoms with Crippen LogP contribution in [0.2, 0.25) is 0 Å². The topological polar surface area (TPSA) is 9.23 Å². The lowest BCUT2D eigenvalue weighted by atomic mass is 9.87. The molecule has 4 aromatic rings. The molecular weight excluding hydrogens is 364 g/mol. The van der Waals surface area contributed by atoms with Crippen molar-refractivity contribution in [2.24, 2.45) is 0 Å². The van der Waals surface area contributed by atoms with E-state index in [1.165, 1.54) is 49.4 Å². The van der Waals surface area contributed by atoms with Gasteiger partial charge in [-0.3, -0.25) is 0 Å². The maximum atomic E-state index is 5.75. The van der Waals surface area contributed by atoms with Gasteiger partial charge in [0.05, 0.1) is 0 Å². The van der Waals surface area contributed by atoms with Crippen LogP contribution in [0.15, 0.2) is 86.0 Å². The number of hydrogen-bond donors (Lipinski definition) is 0. The zero-order valence-electron chi connectivity index (χ0n) is 17.9. The Labute approximate surface area is 179 Å². The molecule has 0 radical (unpaired) electrons. The number of hydrogen-bond acceptors (Lipinski definition) is 1. The highest BCUT2D eigenvalue weighted by molar-refractivity contribution is 6.08. The van der Waals surface area contributed by atoms with E-state index in [0.29, 0.717) is 6.61 Å². The minimum absolute atomic E-state index is 0.515. The zero-order chi connectivity index (χ0) is 21.1. The van der Waals surface area contributed by atoms with E-state index < -0.39 is 0 Å². The number of allylic oxidation sites excluding steroid dienone is 1. The molecule has 4 rings (SSSR count). The molecule has 0 aromatic heterocycles. The number of aryl methyl sites for hydroxylation is 3. The Morgan fingerprint density at radius 3 is 2.00 bits per heavy atom. The summed E-state index contributed by atoms with van der Waals surface area (Å²) in [5.41, 5.74) is 6.57. The lowest BCUT2D eigenvalue weighted by molar-refractivity contribution is 0.364. The number of rotatable bonds is 7. The van der Waals surface area contributed by atoms with E-state index in [4.69, 9.17) is 4.74 Å². The van der Waals surface area contributed by atoms with Crippen LogP contribution in [-0.4, -0.2) is 6.61 Å². The van der Waals surface area contributed by atoms with Gasteiger partial charge in [0.1, 0.15) is 12.4 Å². The van der Waals surface area contributed by atoms with E-state index in [-0.39, 0.29) is 0 Å². The molecule has 4 aromatic carbocycles. The average Bonchev–Trinajstić information content (AvgIpc) is 2.77. The molecule has 0 saturated carbocycles. The van der Waals surface area contributed by atoms with Crippen LogP contribution in [-0.2, 0) is 6.42 Å². The zero-order valence-corrected chi connectivity index (χ0v) is 17.9. The van der Waals surface area contributed by atoms with E-state index in [9.17, 15) is 0 Å². The van der Waals surface area contributed by atoms with Gasteiger partial charge in [-0.25, -0.2) is 0 Å². The molecule has 0 amide bonds. The van der Waals surface area contributed by atoms with E-state index >= 15 is 0 Å². The van der Waals surface area contributed by atoms with Gasteiger partial charge in [-0.2, -0.15) is 0 Å². The van der Waals surface area contributed by atoms with Gasteiger partial charge >= 0.3 is 0 Å². The quantitative estimate of drug-likeness (QED) is 0.290. The summed E-state index contributed by atoms with van der Waals surface area (Å²) in [4.78, 5) is 0. The molecule has 0 aliphatic rings. The number of benzene rings is 4. The molecule has 30 heavy (non-hydrogen) atoms. The summed E-state index contributed by atoms with van der Waals surface area (Å²) in [7, 11) is 0. The first-order valence-electron chi connectivity index (χ1n) is 10.5. The van der Waals surface area contributed by atoms with Crippen LogP contribution in [0.5, 0.6) is 5.75 Å². The number of fused-ring (bicyclic) bond motifs is 2. The minimum atomic E-state index is 0.515. The van der Waals surface area contributed by atoms with E-state index in [1.807, 2.05) is 6.08 Å². The Balaban J connectivity index is 1.92. The maximum absolute atomic E-state index is 5.75. The molecule has 0 bridgehead atoms. The van der Waals surface area contributed by atoms with Crippen molar-refractivity contribution in [2.75, 3.05) is 6.61 Å². The van der Waals surface area contributed by atoms with Gasteiger partial charge in [0, 0.05) is 0 Å². The summed E-state index contributed by atoms with van der Waals surface area (Å²) in [6.45, 7) is 12.5. The third kappa shape index (κ3) is 3.76. The van der Waals surface area contributed by atoms with Gasteiger partial charge in [-0.05, 0) is 88.2 Å². The Kier molecular flexibility index (Phi) is 5.72. The molecule has 0 fully saturated rings. The Bertz CT molecular complexity index is 1150. The molecule has 0 atom stereocenters. The van der Waals surface area contributed by atoms with Crippen molar-refractivity contribution < 1.29 is 4.74 Å². The second kappa shape index (κ2) is 8.59. The van der Waals surface area contributed by atoms with Crippen molar-refractivity contribution in [1.82, 2.24) is 0 Å². The fraction of sp³-hybridized carbons (Fsp3) is 0.172. The van der Waals surface area contributed by atoms with Gasteiger partial charge in [-0.1, -0.05) is 67.3 Å². The van der Waals surface area contributed by atoms with E-state index in [2.05, 4.69) is 87.7 Å². The number of ether oxygens (including phenoxy) is 1. The largest absolute Gasteiger partial charge is 0.490 e. The monoisotopic (exact) mass is 392 g/mol. The van der Waals surface area contributed by atoms with Crippen LogP contribution < -0.4 is 4.74 Å².